The van der Waals surface area contributed by atoms with Crippen LogP contribution in [0.15, 0.2) is 18.2 Å². The Morgan fingerprint density at radius 2 is 1.86 bits per heavy atom. The van der Waals surface area contributed by atoms with Crippen molar-refractivity contribution in [3.8, 4) is 0 Å². The number of carbonyl (C=O) groups excluding carboxylic acids is 1. The van der Waals surface area contributed by atoms with Crippen LogP contribution >= 0.6 is 0 Å². The number of sulfonamides is 1. The summed E-state index contributed by atoms with van der Waals surface area (Å²) in [5, 5.41) is 11.3. The summed E-state index contributed by atoms with van der Waals surface area (Å²) < 4.78 is 37.7. The van der Waals surface area contributed by atoms with Crippen LogP contribution in [0.4, 0.5) is 10.1 Å². The fourth-order valence-corrected chi connectivity index (χ4v) is 2.24. The number of amides is 1. The third kappa shape index (κ3) is 4.99. The number of benzene rings is 1. The van der Waals surface area contributed by atoms with Gasteiger partial charge in [-0.15, -0.1) is 0 Å². The number of hydrogen-bond acceptors (Lipinski definition) is 4. The van der Waals surface area contributed by atoms with E-state index in [1.54, 1.807) is 13.8 Å². The highest BCUT2D eigenvalue weighted by Gasteiger charge is 2.24. The third-order valence-corrected chi connectivity index (χ3v) is 3.33. The number of nitrogens with one attached hydrogen (secondary N) is 2. The van der Waals surface area contributed by atoms with Crippen molar-refractivity contribution in [1.29, 1.82) is 0 Å². The maximum atomic E-state index is 13.5. The van der Waals surface area contributed by atoms with Crippen molar-refractivity contribution < 1.29 is 27.5 Å². The van der Waals surface area contributed by atoms with Gasteiger partial charge in [0.2, 0.25) is 10.0 Å². The zero-order valence-corrected chi connectivity index (χ0v) is 13.1. The van der Waals surface area contributed by atoms with E-state index in [0.717, 1.165) is 24.5 Å². The summed E-state index contributed by atoms with van der Waals surface area (Å²) in [5.41, 5.74) is -0.439. The lowest BCUT2D eigenvalue weighted by Gasteiger charge is -2.18. The molecule has 1 amide bonds. The van der Waals surface area contributed by atoms with Gasteiger partial charge in [0.25, 0.3) is 5.91 Å². The Hall–Kier alpha value is -2.16. The molecule has 3 N–H and O–H groups in total. The van der Waals surface area contributed by atoms with Crippen molar-refractivity contribution in [3.63, 3.8) is 0 Å². The number of halogens is 1. The monoisotopic (exact) mass is 332 g/mol. The Kier molecular flexibility index (Phi) is 5.48. The van der Waals surface area contributed by atoms with Crippen molar-refractivity contribution in [1.82, 2.24) is 5.32 Å². The Bertz CT molecular complexity index is 688. The van der Waals surface area contributed by atoms with Gasteiger partial charge in [0.05, 0.1) is 11.9 Å². The third-order valence-electron chi connectivity index (χ3n) is 2.74. The lowest BCUT2D eigenvalue weighted by atomic mass is 10.0. The highest BCUT2D eigenvalue weighted by molar-refractivity contribution is 7.92. The van der Waals surface area contributed by atoms with Gasteiger partial charge < -0.3 is 10.4 Å². The minimum Gasteiger partial charge on any atom is -0.480 e. The van der Waals surface area contributed by atoms with Crippen molar-refractivity contribution >= 4 is 27.6 Å². The van der Waals surface area contributed by atoms with Gasteiger partial charge >= 0.3 is 5.97 Å². The minimum atomic E-state index is -3.71. The zero-order chi connectivity index (χ0) is 17.1. The fraction of sp³-hybridized carbons (Fsp3) is 0.385. The van der Waals surface area contributed by atoms with Crippen LogP contribution in [0, 0.1) is 11.7 Å². The maximum absolute atomic E-state index is 13.5. The Morgan fingerprint density at radius 3 is 2.32 bits per heavy atom. The van der Waals surface area contributed by atoms with Crippen LogP contribution in [0.3, 0.4) is 0 Å². The summed E-state index contributed by atoms with van der Waals surface area (Å²) in [4.78, 5) is 23.1. The number of rotatable bonds is 6. The van der Waals surface area contributed by atoms with Crippen LogP contribution in [0.25, 0.3) is 0 Å². The lowest BCUT2D eigenvalue weighted by Crippen LogP contribution is -2.44. The number of aliphatic carboxylic acids is 1. The molecule has 1 aromatic carbocycles. The summed E-state index contributed by atoms with van der Waals surface area (Å²) >= 11 is 0. The Balaban J connectivity index is 3.04. The molecule has 0 heterocycles. The largest absolute Gasteiger partial charge is 0.480 e. The highest BCUT2D eigenvalue weighted by atomic mass is 32.2. The van der Waals surface area contributed by atoms with Crippen LogP contribution in [0.5, 0.6) is 0 Å². The Labute approximate surface area is 127 Å². The van der Waals surface area contributed by atoms with Gasteiger partial charge in [-0.2, -0.15) is 0 Å². The molecule has 0 aliphatic carbocycles. The first-order valence-corrected chi connectivity index (χ1v) is 8.21. The molecule has 1 aromatic rings. The van der Waals surface area contributed by atoms with Crippen molar-refractivity contribution in [2.45, 2.75) is 19.9 Å². The second-order valence-electron chi connectivity index (χ2n) is 5.10. The summed E-state index contributed by atoms with van der Waals surface area (Å²) in [6, 6.07) is 1.96. The molecule has 0 fully saturated rings. The first-order chi connectivity index (χ1) is 10.0. The molecule has 122 valence electrons. The van der Waals surface area contributed by atoms with Crippen molar-refractivity contribution in [2.75, 3.05) is 11.0 Å². The Morgan fingerprint density at radius 1 is 1.27 bits per heavy atom. The number of hydrogen-bond donors (Lipinski definition) is 3. The summed E-state index contributed by atoms with van der Waals surface area (Å²) in [6.45, 7) is 3.25. The van der Waals surface area contributed by atoms with E-state index in [9.17, 15) is 22.4 Å². The van der Waals surface area contributed by atoms with E-state index in [4.69, 9.17) is 5.11 Å². The number of carbonyl (C=O) groups is 2. The van der Waals surface area contributed by atoms with Gasteiger partial charge in [0.15, 0.2) is 0 Å². The van der Waals surface area contributed by atoms with Gasteiger partial charge in [0.1, 0.15) is 11.9 Å². The van der Waals surface area contributed by atoms with Gasteiger partial charge in [-0.3, -0.25) is 9.52 Å². The van der Waals surface area contributed by atoms with E-state index in [0.29, 0.717) is 0 Å². The van der Waals surface area contributed by atoms with E-state index in [1.807, 2.05) is 4.72 Å². The molecule has 0 aromatic heterocycles. The second-order valence-corrected chi connectivity index (χ2v) is 6.85. The molecule has 0 bridgehead atoms. The van der Waals surface area contributed by atoms with E-state index in [2.05, 4.69) is 5.32 Å². The topological polar surface area (TPSA) is 113 Å². The standard InChI is InChI=1S/C13H17FN2O5S/c1-7(2)11(13(18)19)15-12(17)8-4-5-9(14)10(6-8)16-22(3,20)21/h4-7,11,16H,1-3H3,(H,15,17)(H,18,19)/t11-/m0/s1. The first-order valence-electron chi connectivity index (χ1n) is 6.32. The molecule has 0 radical (unpaired) electrons. The van der Waals surface area contributed by atoms with Crippen LogP contribution < -0.4 is 10.0 Å². The summed E-state index contributed by atoms with van der Waals surface area (Å²) in [5.74, 6) is -3.13. The highest BCUT2D eigenvalue weighted by Crippen LogP contribution is 2.17. The van der Waals surface area contributed by atoms with E-state index < -0.39 is 33.8 Å². The molecule has 0 saturated carbocycles. The molecule has 7 nitrogen and oxygen atoms in total. The van der Waals surface area contributed by atoms with E-state index in [1.165, 1.54) is 0 Å². The van der Waals surface area contributed by atoms with Gasteiger partial charge in [-0.25, -0.2) is 17.6 Å². The molecule has 1 atom stereocenters. The number of carboxylic acids is 1. The number of carboxylic acid groups (broad SMARTS) is 1. The minimum absolute atomic E-state index is 0.0561. The fourth-order valence-electron chi connectivity index (χ4n) is 1.68. The number of anilines is 1. The smallest absolute Gasteiger partial charge is 0.326 e. The molecule has 1 rings (SSSR count). The average molecular weight is 332 g/mol. The van der Waals surface area contributed by atoms with E-state index >= 15 is 0 Å². The average Bonchev–Trinajstić information content (AvgIpc) is 2.35. The van der Waals surface area contributed by atoms with Crippen LogP contribution in [0.2, 0.25) is 0 Å². The van der Waals surface area contributed by atoms with Crippen LogP contribution in [-0.2, 0) is 14.8 Å². The van der Waals surface area contributed by atoms with Crippen molar-refractivity contribution in [2.24, 2.45) is 5.92 Å². The molecule has 22 heavy (non-hydrogen) atoms. The van der Waals surface area contributed by atoms with Crippen molar-refractivity contribution in [3.05, 3.63) is 29.6 Å². The zero-order valence-electron chi connectivity index (χ0n) is 12.3. The van der Waals surface area contributed by atoms with Gasteiger partial charge in [0, 0.05) is 5.56 Å². The van der Waals surface area contributed by atoms with Gasteiger partial charge in [-0.05, 0) is 24.1 Å². The molecule has 9 heteroatoms. The SMILES string of the molecule is CC(C)[C@H](NC(=O)c1ccc(F)c(NS(C)(=O)=O)c1)C(=O)O. The second kappa shape index (κ2) is 6.73. The maximum Gasteiger partial charge on any atom is 0.326 e. The summed E-state index contributed by atoms with van der Waals surface area (Å²) in [7, 11) is -3.71. The quantitative estimate of drug-likeness (QED) is 0.720. The van der Waals surface area contributed by atoms with E-state index in [-0.39, 0.29) is 17.2 Å². The molecular formula is C13H17FN2O5S. The predicted octanol–water partition coefficient (Wildman–Crippen LogP) is 1.04. The molecular weight excluding hydrogens is 315 g/mol. The lowest BCUT2D eigenvalue weighted by molar-refractivity contribution is -0.140. The molecule has 0 unspecified atom stereocenters. The normalized spacial score (nSPS) is 12.8. The van der Waals surface area contributed by atoms with Crippen LogP contribution in [-0.4, -0.2) is 37.7 Å². The molecule has 0 spiro atoms. The van der Waals surface area contributed by atoms with Gasteiger partial charge in [-0.1, -0.05) is 13.8 Å². The van der Waals surface area contributed by atoms with Crippen LogP contribution in [0.1, 0.15) is 24.2 Å². The first kappa shape index (κ1) is 17.9. The summed E-state index contributed by atoms with van der Waals surface area (Å²) in [6.07, 6.45) is 0.846. The molecule has 0 saturated heterocycles. The molecule has 0 aliphatic rings. The predicted molar refractivity (Wildman–Crippen MR) is 78.6 cm³/mol. The molecule has 0 aliphatic heterocycles.